The van der Waals surface area contributed by atoms with Crippen molar-refractivity contribution in [1.82, 2.24) is 20.3 Å². The van der Waals surface area contributed by atoms with Gasteiger partial charge in [0.2, 0.25) is 0 Å². The summed E-state index contributed by atoms with van der Waals surface area (Å²) < 4.78 is 10.3. The zero-order chi connectivity index (χ0) is 20.5. The number of primary amides is 1. The van der Waals surface area contributed by atoms with Crippen LogP contribution in [0.25, 0.3) is 0 Å². The van der Waals surface area contributed by atoms with Crippen molar-refractivity contribution < 1.29 is 14.1 Å². The Labute approximate surface area is 170 Å². The summed E-state index contributed by atoms with van der Waals surface area (Å²) in [6.07, 6.45) is 1.61. The van der Waals surface area contributed by atoms with Crippen molar-refractivity contribution in [2.45, 2.75) is 20.0 Å². The molecule has 156 valence electrons. The van der Waals surface area contributed by atoms with E-state index in [1.807, 2.05) is 24.3 Å². The van der Waals surface area contributed by atoms with Gasteiger partial charge in [0.05, 0.1) is 12.2 Å². The van der Waals surface area contributed by atoms with Gasteiger partial charge in [0.15, 0.2) is 12.6 Å². The average molecular weight is 400 g/mol. The number of aliphatic imine (C=N–C) groups is 1. The lowest BCUT2D eigenvalue weighted by Gasteiger charge is -2.36. The van der Waals surface area contributed by atoms with Crippen LogP contribution in [0.2, 0.25) is 0 Å². The Morgan fingerprint density at radius 2 is 2.14 bits per heavy atom. The minimum Gasteiger partial charge on any atom is -0.484 e. The van der Waals surface area contributed by atoms with E-state index in [2.05, 4.69) is 27.2 Å². The highest BCUT2D eigenvalue weighted by molar-refractivity contribution is 5.80. The van der Waals surface area contributed by atoms with Gasteiger partial charge >= 0.3 is 0 Å². The number of ether oxygens (including phenoxy) is 1. The van der Waals surface area contributed by atoms with Crippen molar-refractivity contribution in [2.75, 3.05) is 39.3 Å². The molecular formula is C20H28N6O3. The Hall–Kier alpha value is -3.07. The van der Waals surface area contributed by atoms with Crippen molar-refractivity contribution in [1.29, 1.82) is 0 Å². The predicted octanol–water partition coefficient (Wildman–Crippen LogP) is 0.822. The summed E-state index contributed by atoms with van der Waals surface area (Å²) in [5.74, 6) is 1.02. The number of guanidine groups is 1. The van der Waals surface area contributed by atoms with E-state index in [0.29, 0.717) is 12.3 Å². The van der Waals surface area contributed by atoms with Crippen LogP contribution in [-0.4, -0.2) is 66.2 Å². The molecule has 1 amide bonds. The van der Waals surface area contributed by atoms with E-state index in [4.69, 9.17) is 20.0 Å². The number of nitrogens with zero attached hydrogens (tertiary/aromatic N) is 4. The fraction of sp³-hybridized carbons (Fsp3) is 0.450. The summed E-state index contributed by atoms with van der Waals surface area (Å²) in [5, 5.41) is 7.36. The van der Waals surface area contributed by atoms with Crippen LogP contribution in [0.3, 0.4) is 0 Å². The van der Waals surface area contributed by atoms with E-state index >= 15 is 0 Å². The van der Waals surface area contributed by atoms with Crippen molar-refractivity contribution in [2.24, 2.45) is 10.7 Å². The Kier molecular flexibility index (Phi) is 7.46. The van der Waals surface area contributed by atoms with E-state index in [1.165, 1.54) is 0 Å². The Morgan fingerprint density at radius 3 is 2.83 bits per heavy atom. The summed E-state index contributed by atoms with van der Waals surface area (Å²) in [6, 6.07) is 9.46. The third-order valence-electron chi connectivity index (χ3n) is 4.57. The van der Waals surface area contributed by atoms with E-state index in [9.17, 15) is 4.79 Å². The first kappa shape index (κ1) is 20.7. The lowest BCUT2D eigenvalue weighted by molar-refractivity contribution is -0.119. The van der Waals surface area contributed by atoms with Gasteiger partial charge in [0.25, 0.3) is 5.91 Å². The number of carbonyl (C=O) groups excluding carboxylic acids is 1. The van der Waals surface area contributed by atoms with Crippen molar-refractivity contribution in [3.05, 3.63) is 47.9 Å². The van der Waals surface area contributed by atoms with Crippen molar-refractivity contribution in [3.63, 3.8) is 0 Å². The number of carbonyl (C=O) groups is 1. The number of aromatic nitrogens is 1. The van der Waals surface area contributed by atoms with Gasteiger partial charge in [-0.05, 0) is 24.6 Å². The predicted molar refractivity (Wildman–Crippen MR) is 109 cm³/mol. The molecule has 3 N–H and O–H groups in total. The van der Waals surface area contributed by atoms with Crippen LogP contribution in [0.15, 0.2) is 46.1 Å². The zero-order valence-corrected chi connectivity index (χ0v) is 16.7. The van der Waals surface area contributed by atoms with Crippen LogP contribution < -0.4 is 15.8 Å². The lowest BCUT2D eigenvalue weighted by atomic mass is 10.2. The molecule has 0 unspecified atom stereocenters. The molecule has 9 nitrogen and oxygen atoms in total. The first-order chi connectivity index (χ1) is 14.1. The Morgan fingerprint density at radius 1 is 1.31 bits per heavy atom. The van der Waals surface area contributed by atoms with Gasteiger partial charge in [-0.25, -0.2) is 4.99 Å². The number of piperazine rings is 1. The summed E-state index contributed by atoms with van der Waals surface area (Å²) >= 11 is 0. The molecular weight excluding hydrogens is 372 g/mol. The second-order valence-corrected chi connectivity index (χ2v) is 6.83. The molecule has 0 saturated carbocycles. The summed E-state index contributed by atoms with van der Waals surface area (Å²) in [6.45, 7) is 7.73. The van der Waals surface area contributed by atoms with Crippen LogP contribution in [0.4, 0.5) is 0 Å². The molecule has 1 aliphatic rings. The van der Waals surface area contributed by atoms with Crippen LogP contribution in [0.5, 0.6) is 5.75 Å². The number of nitrogens with two attached hydrogens (primary N) is 1. The van der Waals surface area contributed by atoms with Gasteiger partial charge in [0, 0.05) is 45.3 Å². The largest absolute Gasteiger partial charge is 0.484 e. The maximum absolute atomic E-state index is 10.9. The SMILES string of the molecule is CCNC(=NCc1cccc(OCC(N)=O)c1)N1CCN(Cc2ccon2)CC1. The molecule has 1 aromatic carbocycles. The van der Waals surface area contributed by atoms with Gasteiger partial charge in [0.1, 0.15) is 12.0 Å². The second kappa shape index (κ2) is 10.5. The maximum Gasteiger partial charge on any atom is 0.255 e. The number of nitrogens with one attached hydrogen (secondary N) is 1. The highest BCUT2D eigenvalue weighted by Crippen LogP contribution is 2.14. The summed E-state index contributed by atoms with van der Waals surface area (Å²) in [4.78, 5) is 20.3. The van der Waals surface area contributed by atoms with E-state index in [1.54, 1.807) is 12.3 Å². The van der Waals surface area contributed by atoms with Crippen LogP contribution in [0.1, 0.15) is 18.2 Å². The first-order valence-corrected chi connectivity index (χ1v) is 9.79. The van der Waals surface area contributed by atoms with Crippen molar-refractivity contribution >= 4 is 11.9 Å². The van der Waals surface area contributed by atoms with Gasteiger partial charge in [-0.1, -0.05) is 17.3 Å². The van der Waals surface area contributed by atoms with Crippen LogP contribution >= 0.6 is 0 Å². The molecule has 1 aliphatic heterocycles. The van der Waals surface area contributed by atoms with E-state index < -0.39 is 5.91 Å². The first-order valence-electron chi connectivity index (χ1n) is 9.79. The van der Waals surface area contributed by atoms with Crippen molar-refractivity contribution in [3.8, 4) is 5.75 Å². The minimum absolute atomic E-state index is 0.131. The van der Waals surface area contributed by atoms with Crippen LogP contribution in [0, 0.1) is 0 Å². The lowest BCUT2D eigenvalue weighted by Crippen LogP contribution is -2.52. The van der Waals surface area contributed by atoms with Gasteiger partial charge in [-0.2, -0.15) is 0 Å². The molecule has 1 saturated heterocycles. The molecule has 3 rings (SSSR count). The zero-order valence-electron chi connectivity index (χ0n) is 16.7. The molecule has 29 heavy (non-hydrogen) atoms. The molecule has 0 spiro atoms. The minimum atomic E-state index is -0.495. The topological polar surface area (TPSA) is 109 Å². The molecule has 1 fully saturated rings. The highest BCUT2D eigenvalue weighted by Gasteiger charge is 2.20. The third-order valence-corrected chi connectivity index (χ3v) is 4.57. The van der Waals surface area contributed by atoms with Gasteiger partial charge in [-0.3, -0.25) is 9.69 Å². The molecule has 0 radical (unpaired) electrons. The van der Waals surface area contributed by atoms with E-state index in [0.717, 1.165) is 56.5 Å². The number of amides is 1. The molecule has 1 aromatic heterocycles. The number of hydrogen-bond donors (Lipinski definition) is 2. The molecule has 9 heteroatoms. The Balaban J connectivity index is 1.56. The van der Waals surface area contributed by atoms with Gasteiger partial charge in [-0.15, -0.1) is 0 Å². The normalized spacial score (nSPS) is 15.3. The summed E-state index contributed by atoms with van der Waals surface area (Å²) in [7, 11) is 0. The molecule has 0 aliphatic carbocycles. The second-order valence-electron chi connectivity index (χ2n) is 6.83. The fourth-order valence-corrected chi connectivity index (χ4v) is 3.15. The molecule has 2 aromatic rings. The quantitative estimate of drug-likeness (QED) is 0.499. The Bertz CT molecular complexity index is 800. The van der Waals surface area contributed by atoms with Gasteiger partial charge < -0.3 is 25.2 Å². The fourth-order valence-electron chi connectivity index (χ4n) is 3.15. The standard InChI is InChI=1S/C20H28N6O3/c1-2-22-20(23-13-16-4-3-5-18(12-16)28-15-19(21)27)26-9-7-25(8-10-26)14-17-6-11-29-24-17/h3-6,11-12H,2,7-10,13-15H2,1H3,(H2,21,27)(H,22,23). The monoisotopic (exact) mass is 400 g/mol. The molecule has 2 heterocycles. The third kappa shape index (κ3) is 6.49. The number of benzene rings is 1. The average Bonchev–Trinajstić information content (AvgIpc) is 3.24. The molecule has 0 bridgehead atoms. The maximum atomic E-state index is 10.9. The number of rotatable bonds is 8. The number of hydrogen-bond acceptors (Lipinski definition) is 6. The van der Waals surface area contributed by atoms with E-state index in [-0.39, 0.29) is 6.61 Å². The molecule has 0 atom stereocenters. The summed E-state index contributed by atoms with van der Waals surface area (Å²) in [5.41, 5.74) is 7.09. The van der Waals surface area contributed by atoms with Crippen LogP contribution in [-0.2, 0) is 17.9 Å². The smallest absolute Gasteiger partial charge is 0.255 e. The highest BCUT2D eigenvalue weighted by atomic mass is 16.5.